The minimum absolute atomic E-state index is 0.145. The number of amides is 1. The van der Waals surface area contributed by atoms with Crippen LogP contribution in [0.2, 0.25) is 0 Å². The van der Waals surface area contributed by atoms with Crippen LogP contribution in [-0.2, 0) is 4.79 Å². The molecule has 0 aromatic carbocycles. The second-order valence-corrected chi connectivity index (χ2v) is 4.76. The summed E-state index contributed by atoms with van der Waals surface area (Å²) in [7, 11) is 0. The first-order chi connectivity index (χ1) is 9.61. The topological polar surface area (TPSA) is 85.8 Å². The lowest BCUT2D eigenvalue weighted by Gasteiger charge is -2.17. The quantitative estimate of drug-likeness (QED) is 0.866. The lowest BCUT2D eigenvalue weighted by molar-refractivity contribution is -0.118. The molecule has 0 saturated carbocycles. The predicted octanol–water partition coefficient (Wildman–Crippen LogP) is 1.58. The highest BCUT2D eigenvalue weighted by atomic mass is 16.2. The van der Waals surface area contributed by atoms with Crippen LogP contribution < -0.4 is 11.1 Å². The Morgan fingerprint density at radius 1 is 1.50 bits per heavy atom. The molecule has 2 aromatic heterocycles. The van der Waals surface area contributed by atoms with E-state index in [0.29, 0.717) is 11.5 Å². The Hall–Kier alpha value is -2.21. The smallest absolute Gasteiger partial charge is 0.241 e. The fourth-order valence-electron chi connectivity index (χ4n) is 1.74. The van der Waals surface area contributed by atoms with Gasteiger partial charge in [0, 0.05) is 12.4 Å². The lowest BCUT2D eigenvalue weighted by atomic mass is 9.99. The van der Waals surface area contributed by atoms with Gasteiger partial charge in [0.05, 0.1) is 17.9 Å². The standard InChI is InChI=1S/C14H19N5O/c1-3-10(2)13(15)14(20)18-11-5-6-12(16-9-11)19-8-4-7-17-19/h4-10,13H,3,15H2,1-2H3,(H,18,20)/t10-,13-/m0/s1. The second-order valence-electron chi connectivity index (χ2n) is 4.76. The molecule has 2 atom stereocenters. The number of hydrogen-bond acceptors (Lipinski definition) is 4. The molecule has 0 fully saturated rings. The zero-order valence-electron chi connectivity index (χ0n) is 11.7. The highest BCUT2D eigenvalue weighted by Crippen LogP contribution is 2.11. The van der Waals surface area contributed by atoms with Gasteiger partial charge in [0.15, 0.2) is 5.82 Å². The third-order valence-electron chi connectivity index (χ3n) is 3.31. The minimum atomic E-state index is -0.509. The summed E-state index contributed by atoms with van der Waals surface area (Å²) in [6.45, 7) is 3.97. The van der Waals surface area contributed by atoms with Crippen LogP contribution in [0, 0.1) is 5.92 Å². The van der Waals surface area contributed by atoms with E-state index in [0.717, 1.165) is 6.42 Å². The summed E-state index contributed by atoms with van der Waals surface area (Å²) in [6, 6.07) is 4.89. The summed E-state index contributed by atoms with van der Waals surface area (Å²) >= 11 is 0. The molecule has 2 heterocycles. The van der Waals surface area contributed by atoms with Gasteiger partial charge in [-0.25, -0.2) is 9.67 Å². The van der Waals surface area contributed by atoms with Gasteiger partial charge in [0.1, 0.15) is 0 Å². The van der Waals surface area contributed by atoms with Crippen molar-refractivity contribution in [1.29, 1.82) is 0 Å². The fourth-order valence-corrected chi connectivity index (χ4v) is 1.74. The van der Waals surface area contributed by atoms with Gasteiger partial charge in [-0.2, -0.15) is 5.10 Å². The first-order valence-corrected chi connectivity index (χ1v) is 6.64. The van der Waals surface area contributed by atoms with Gasteiger partial charge < -0.3 is 11.1 Å². The number of hydrogen-bond donors (Lipinski definition) is 2. The van der Waals surface area contributed by atoms with Crippen LogP contribution in [0.25, 0.3) is 5.82 Å². The Kier molecular flexibility index (Phi) is 4.47. The molecule has 106 valence electrons. The molecule has 0 aliphatic carbocycles. The number of rotatable bonds is 5. The molecule has 0 spiro atoms. The molecule has 0 aliphatic heterocycles. The van der Waals surface area contributed by atoms with Crippen molar-refractivity contribution in [2.75, 3.05) is 5.32 Å². The van der Waals surface area contributed by atoms with Crippen molar-refractivity contribution in [3.05, 3.63) is 36.8 Å². The van der Waals surface area contributed by atoms with Crippen molar-refractivity contribution in [3.63, 3.8) is 0 Å². The van der Waals surface area contributed by atoms with Gasteiger partial charge in [-0.05, 0) is 24.1 Å². The molecule has 20 heavy (non-hydrogen) atoms. The summed E-state index contributed by atoms with van der Waals surface area (Å²) in [5.74, 6) is 0.651. The molecule has 2 rings (SSSR count). The van der Waals surface area contributed by atoms with Crippen molar-refractivity contribution in [1.82, 2.24) is 14.8 Å². The number of carbonyl (C=O) groups is 1. The highest BCUT2D eigenvalue weighted by molar-refractivity contribution is 5.94. The fraction of sp³-hybridized carbons (Fsp3) is 0.357. The highest BCUT2D eigenvalue weighted by Gasteiger charge is 2.19. The number of nitrogens with zero attached hydrogens (tertiary/aromatic N) is 3. The zero-order valence-corrected chi connectivity index (χ0v) is 11.7. The van der Waals surface area contributed by atoms with Crippen molar-refractivity contribution in [2.24, 2.45) is 11.7 Å². The van der Waals surface area contributed by atoms with Crippen LogP contribution in [0.4, 0.5) is 5.69 Å². The molecule has 0 aliphatic rings. The van der Waals surface area contributed by atoms with Crippen LogP contribution in [0.3, 0.4) is 0 Å². The molecule has 6 heteroatoms. The van der Waals surface area contributed by atoms with E-state index in [4.69, 9.17) is 5.73 Å². The van der Waals surface area contributed by atoms with Gasteiger partial charge in [-0.15, -0.1) is 0 Å². The van der Waals surface area contributed by atoms with Crippen LogP contribution >= 0.6 is 0 Å². The molecule has 0 unspecified atom stereocenters. The third kappa shape index (κ3) is 3.21. The predicted molar refractivity (Wildman–Crippen MR) is 77.4 cm³/mol. The van der Waals surface area contributed by atoms with Crippen molar-refractivity contribution in [2.45, 2.75) is 26.3 Å². The second kappa shape index (κ2) is 6.29. The number of nitrogens with two attached hydrogens (primary N) is 1. The number of pyridine rings is 1. The van der Waals surface area contributed by atoms with Gasteiger partial charge in [-0.3, -0.25) is 4.79 Å². The molecule has 0 radical (unpaired) electrons. The Morgan fingerprint density at radius 2 is 2.30 bits per heavy atom. The van der Waals surface area contributed by atoms with E-state index in [9.17, 15) is 4.79 Å². The molecule has 1 amide bonds. The summed E-state index contributed by atoms with van der Waals surface area (Å²) in [5.41, 5.74) is 6.51. The van der Waals surface area contributed by atoms with Gasteiger partial charge >= 0.3 is 0 Å². The van der Waals surface area contributed by atoms with Crippen molar-refractivity contribution >= 4 is 11.6 Å². The minimum Gasteiger partial charge on any atom is -0.323 e. The van der Waals surface area contributed by atoms with Crippen molar-refractivity contribution in [3.8, 4) is 5.82 Å². The monoisotopic (exact) mass is 273 g/mol. The third-order valence-corrected chi connectivity index (χ3v) is 3.31. The average Bonchev–Trinajstić information content (AvgIpc) is 3.00. The first-order valence-electron chi connectivity index (χ1n) is 6.64. The van der Waals surface area contributed by atoms with E-state index < -0.39 is 6.04 Å². The van der Waals surface area contributed by atoms with E-state index in [1.165, 1.54) is 0 Å². The van der Waals surface area contributed by atoms with Crippen LogP contribution in [0.1, 0.15) is 20.3 Å². The molecular formula is C14H19N5O. The van der Waals surface area contributed by atoms with Crippen molar-refractivity contribution < 1.29 is 4.79 Å². The molecule has 0 saturated heterocycles. The normalized spacial score (nSPS) is 13.8. The average molecular weight is 273 g/mol. The Balaban J connectivity index is 2.02. The van der Waals surface area contributed by atoms with E-state index in [2.05, 4.69) is 15.4 Å². The Morgan fingerprint density at radius 3 is 2.85 bits per heavy atom. The Bertz CT molecular complexity index is 549. The summed E-state index contributed by atoms with van der Waals surface area (Å²) < 4.78 is 1.65. The molecule has 3 N–H and O–H groups in total. The maximum Gasteiger partial charge on any atom is 0.241 e. The van der Waals surface area contributed by atoms with Crippen LogP contribution in [0.15, 0.2) is 36.8 Å². The number of anilines is 1. The maximum atomic E-state index is 11.9. The summed E-state index contributed by atoms with van der Waals surface area (Å²) in [5, 5.41) is 6.86. The number of carbonyl (C=O) groups excluding carboxylic acids is 1. The molecule has 6 nitrogen and oxygen atoms in total. The van der Waals surface area contributed by atoms with Gasteiger partial charge in [0.25, 0.3) is 0 Å². The molecular weight excluding hydrogens is 254 g/mol. The maximum absolute atomic E-state index is 11.9. The SMILES string of the molecule is CC[C@H](C)[C@H](N)C(=O)Nc1ccc(-n2cccn2)nc1. The van der Waals surface area contributed by atoms with Crippen LogP contribution in [-0.4, -0.2) is 26.7 Å². The van der Waals surface area contributed by atoms with Crippen LogP contribution in [0.5, 0.6) is 0 Å². The largest absolute Gasteiger partial charge is 0.323 e. The van der Waals surface area contributed by atoms with E-state index in [1.54, 1.807) is 35.4 Å². The van der Waals surface area contributed by atoms with Gasteiger partial charge in [-0.1, -0.05) is 20.3 Å². The molecule has 0 bridgehead atoms. The zero-order chi connectivity index (χ0) is 14.5. The summed E-state index contributed by atoms with van der Waals surface area (Å²) in [6.07, 6.45) is 5.95. The lowest BCUT2D eigenvalue weighted by Crippen LogP contribution is -2.40. The van der Waals surface area contributed by atoms with E-state index in [1.807, 2.05) is 19.9 Å². The van der Waals surface area contributed by atoms with Gasteiger partial charge in [0.2, 0.25) is 5.91 Å². The first kappa shape index (κ1) is 14.2. The number of nitrogens with one attached hydrogen (secondary N) is 1. The Labute approximate surface area is 118 Å². The van der Waals surface area contributed by atoms with E-state index in [-0.39, 0.29) is 11.8 Å². The molecule has 2 aromatic rings. The summed E-state index contributed by atoms with van der Waals surface area (Å²) in [4.78, 5) is 16.2. The van der Waals surface area contributed by atoms with E-state index >= 15 is 0 Å². The number of aromatic nitrogens is 3.